The second-order valence-corrected chi connectivity index (χ2v) is 5.43. The molecule has 102 valence electrons. The molecule has 0 heterocycles. The molecule has 0 aromatic heterocycles. The third-order valence-electron chi connectivity index (χ3n) is 2.73. The molecule has 1 rings (SSSR count). The Labute approximate surface area is 112 Å². The average Bonchev–Trinajstić information content (AvgIpc) is 2.26. The molecule has 1 aromatic carbocycles. The second kappa shape index (κ2) is 5.09. The summed E-state index contributed by atoms with van der Waals surface area (Å²) in [5, 5.41) is 9.23. The molecular weight excluding hydrogens is 313 g/mol. The van der Waals surface area contributed by atoms with Crippen molar-refractivity contribution in [1.82, 2.24) is 0 Å². The van der Waals surface area contributed by atoms with Crippen molar-refractivity contribution in [3.63, 3.8) is 0 Å². The molecule has 0 aliphatic rings. The normalized spacial score (nSPS) is 12.7. The van der Waals surface area contributed by atoms with E-state index in [-0.39, 0.29) is 16.8 Å². The van der Waals surface area contributed by atoms with Gasteiger partial charge in [-0.2, -0.15) is 13.2 Å². The standard InChI is InChI=1S/C12H14BrF3O2/c1-11(2,6-17)7-4-8(12(14,15)16)10(18-3)9(13)5-7/h4-5,17H,6H2,1-3H3. The van der Waals surface area contributed by atoms with Crippen molar-refractivity contribution >= 4 is 15.9 Å². The molecule has 0 amide bonds. The number of ether oxygens (including phenoxy) is 1. The van der Waals surface area contributed by atoms with Gasteiger partial charge in [-0.05, 0) is 33.6 Å². The Hall–Kier alpha value is -0.750. The van der Waals surface area contributed by atoms with Crippen molar-refractivity contribution in [3.8, 4) is 5.75 Å². The summed E-state index contributed by atoms with van der Waals surface area (Å²) in [5.74, 6) is -0.250. The third kappa shape index (κ3) is 2.98. The van der Waals surface area contributed by atoms with Crippen LogP contribution in [0.1, 0.15) is 25.0 Å². The zero-order chi connectivity index (χ0) is 14.1. The highest BCUT2D eigenvalue weighted by Gasteiger charge is 2.37. The van der Waals surface area contributed by atoms with Gasteiger partial charge in [0, 0.05) is 5.41 Å². The predicted molar refractivity (Wildman–Crippen MR) is 65.8 cm³/mol. The minimum absolute atomic E-state index is 0.219. The Bertz CT molecular complexity index is 442. The molecule has 0 aliphatic heterocycles. The molecule has 1 N–H and O–H groups in total. The Balaban J connectivity index is 3.50. The molecular formula is C12H14BrF3O2. The second-order valence-electron chi connectivity index (χ2n) is 4.58. The van der Waals surface area contributed by atoms with E-state index in [1.807, 2.05) is 0 Å². The molecule has 18 heavy (non-hydrogen) atoms. The van der Waals surface area contributed by atoms with Crippen LogP contribution >= 0.6 is 15.9 Å². The molecule has 0 unspecified atom stereocenters. The fourth-order valence-corrected chi connectivity index (χ4v) is 2.12. The van der Waals surface area contributed by atoms with Crippen LogP contribution < -0.4 is 4.74 Å². The van der Waals surface area contributed by atoms with Crippen molar-refractivity contribution < 1.29 is 23.0 Å². The zero-order valence-corrected chi connectivity index (χ0v) is 11.8. The number of benzene rings is 1. The van der Waals surface area contributed by atoms with Gasteiger partial charge in [-0.3, -0.25) is 0 Å². The van der Waals surface area contributed by atoms with Crippen LogP contribution in [-0.4, -0.2) is 18.8 Å². The SMILES string of the molecule is COc1c(Br)cc(C(C)(C)CO)cc1C(F)(F)F. The summed E-state index contributed by atoms with van der Waals surface area (Å²) >= 11 is 3.07. The maximum absolute atomic E-state index is 12.9. The molecule has 1 aromatic rings. The lowest BCUT2D eigenvalue weighted by atomic mass is 9.84. The van der Waals surface area contributed by atoms with Gasteiger partial charge in [-0.1, -0.05) is 13.8 Å². The molecule has 0 saturated heterocycles. The quantitative estimate of drug-likeness (QED) is 0.916. The fraction of sp³-hybridized carbons (Fsp3) is 0.500. The van der Waals surface area contributed by atoms with Gasteiger partial charge in [0.25, 0.3) is 0 Å². The molecule has 0 spiro atoms. The van der Waals surface area contributed by atoms with Crippen LogP contribution in [0.15, 0.2) is 16.6 Å². The molecule has 0 radical (unpaired) electrons. The van der Waals surface area contributed by atoms with E-state index in [4.69, 9.17) is 4.74 Å². The number of aliphatic hydroxyl groups excluding tert-OH is 1. The first-order valence-corrected chi connectivity index (χ1v) is 5.99. The summed E-state index contributed by atoms with van der Waals surface area (Å²) in [5.41, 5.74) is -1.21. The summed E-state index contributed by atoms with van der Waals surface area (Å²) < 4.78 is 43.8. The molecule has 0 aliphatic carbocycles. The van der Waals surface area contributed by atoms with Crippen molar-refractivity contribution in [1.29, 1.82) is 0 Å². The Kier molecular flexibility index (Phi) is 4.33. The number of methoxy groups -OCH3 is 1. The smallest absolute Gasteiger partial charge is 0.420 e. The van der Waals surface area contributed by atoms with Gasteiger partial charge in [0.2, 0.25) is 0 Å². The van der Waals surface area contributed by atoms with Crippen LogP contribution in [0.2, 0.25) is 0 Å². The lowest BCUT2D eigenvalue weighted by Crippen LogP contribution is -2.23. The van der Waals surface area contributed by atoms with Crippen LogP contribution in [0, 0.1) is 0 Å². The molecule has 0 bridgehead atoms. The average molecular weight is 327 g/mol. The minimum Gasteiger partial charge on any atom is -0.495 e. The summed E-state index contributed by atoms with van der Waals surface area (Å²) in [6.07, 6.45) is -4.50. The van der Waals surface area contributed by atoms with Crippen LogP contribution in [0.25, 0.3) is 0 Å². The molecule has 0 atom stereocenters. The van der Waals surface area contributed by atoms with Gasteiger partial charge >= 0.3 is 6.18 Å². The summed E-state index contributed by atoms with van der Waals surface area (Å²) in [6.45, 7) is 3.09. The summed E-state index contributed by atoms with van der Waals surface area (Å²) in [7, 11) is 1.19. The topological polar surface area (TPSA) is 29.5 Å². The van der Waals surface area contributed by atoms with Crippen LogP contribution in [0.3, 0.4) is 0 Å². The van der Waals surface area contributed by atoms with Gasteiger partial charge in [0.05, 0.1) is 23.8 Å². The number of hydrogen-bond donors (Lipinski definition) is 1. The van der Waals surface area contributed by atoms with Crippen LogP contribution in [0.4, 0.5) is 13.2 Å². The van der Waals surface area contributed by atoms with Crippen molar-refractivity contribution in [3.05, 3.63) is 27.7 Å². The largest absolute Gasteiger partial charge is 0.495 e. The molecule has 6 heteroatoms. The summed E-state index contributed by atoms with van der Waals surface area (Å²) in [4.78, 5) is 0. The van der Waals surface area contributed by atoms with Crippen molar-refractivity contribution in [2.45, 2.75) is 25.4 Å². The lowest BCUT2D eigenvalue weighted by Gasteiger charge is -2.25. The first-order chi connectivity index (χ1) is 8.13. The number of rotatable bonds is 3. The van der Waals surface area contributed by atoms with Gasteiger partial charge in [0.15, 0.2) is 0 Å². The maximum atomic E-state index is 12.9. The lowest BCUT2D eigenvalue weighted by molar-refractivity contribution is -0.138. The van der Waals surface area contributed by atoms with Crippen molar-refractivity contribution in [2.24, 2.45) is 0 Å². The van der Waals surface area contributed by atoms with E-state index in [0.29, 0.717) is 5.56 Å². The van der Waals surface area contributed by atoms with E-state index in [2.05, 4.69) is 15.9 Å². The Morgan fingerprint density at radius 3 is 2.22 bits per heavy atom. The van der Waals surface area contributed by atoms with Gasteiger partial charge in [-0.25, -0.2) is 0 Å². The number of alkyl halides is 3. The van der Waals surface area contributed by atoms with Gasteiger partial charge < -0.3 is 9.84 Å². The molecule has 0 saturated carbocycles. The van der Waals surface area contributed by atoms with Gasteiger partial charge in [-0.15, -0.1) is 0 Å². The number of halogens is 4. The fourth-order valence-electron chi connectivity index (χ4n) is 1.49. The summed E-state index contributed by atoms with van der Waals surface area (Å²) in [6, 6.07) is 2.55. The van der Waals surface area contributed by atoms with Crippen molar-refractivity contribution in [2.75, 3.05) is 13.7 Å². The van der Waals surface area contributed by atoms with E-state index in [0.717, 1.165) is 6.07 Å². The first kappa shape index (κ1) is 15.3. The molecule has 2 nitrogen and oxygen atoms in total. The van der Waals surface area contributed by atoms with E-state index in [1.54, 1.807) is 13.8 Å². The highest BCUT2D eigenvalue weighted by atomic mass is 79.9. The van der Waals surface area contributed by atoms with Crippen LogP contribution in [-0.2, 0) is 11.6 Å². The number of hydrogen-bond acceptors (Lipinski definition) is 2. The predicted octanol–water partition coefficient (Wildman–Crippen LogP) is 3.75. The van der Waals surface area contributed by atoms with E-state index >= 15 is 0 Å². The van der Waals surface area contributed by atoms with E-state index in [9.17, 15) is 18.3 Å². The van der Waals surface area contributed by atoms with Crippen LogP contribution in [0.5, 0.6) is 5.75 Å². The Morgan fingerprint density at radius 1 is 1.28 bits per heavy atom. The van der Waals surface area contributed by atoms with E-state index < -0.39 is 17.2 Å². The highest BCUT2D eigenvalue weighted by Crippen LogP contribution is 2.43. The Morgan fingerprint density at radius 2 is 1.83 bits per heavy atom. The third-order valence-corrected chi connectivity index (χ3v) is 3.32. The maximum Gasteiger partial charge on any atom is 0.420 e. The highest BCUT2D eigenvalue weighted by molar-refractivity contribution is 9.10. The number of aliphatic hydroxyl groups is 1. The zero-order valence-electron chi connectivity index (χ0n) is 10.2. The first-order valence-electron chi connectivity index (χ1n) is 5.19. The minimum atomic E-state index is -4.50. The van der Waals surface area contributed by atoms with E-state index in [1.165, 1.54) is 13.2 Å². The monoisotopic (exact) mass is 326 g/mol. The molecule has 0 fully saturated rings. The van der Waals surface area contributed by atoms with Gasteiger partial charge in [0.1, 0.15) is 5.75 Å².